The molecular weight excluding hydrogens is 321 g/mol. The molecule has 0 unspecified atom stereocenters. The lowest BCUT2D eigenvalue weighted by molar-refractivity contribution is 0.0944. The van der Waals surface area contributed by atoms with Gasteiger partial charge in [0.15, 0.2) is 0 Å². The van der Waals surface area contributed by atoms with Gasteiger partial charge < -0.3 is 5.32 Å². The van der Waals surface area contributed by atoms with Crippen LogP contribution in [0.4, 0.5) is 4.39 Å². The number of amides is 1. The van der Waals surface area contributed by atoms with Gasteiger partial charge in [0.25, 0.3) is 5.91 Å². The summed E-state index contributed by atoms with van der Waals surface area (Å²) in [6, 6.07) is 13.9. The molecule has 0 aliphatic rings. The summed E-state index contributed by atoms with van der Waals surface area (Å²) in [6.45, 7) is 1.91. The van der Waals surface area contributed by atoms with Crippen LogP contribution in [0, 0.1) is 5.82 Å². The minimum Gasteiger partial charge on any atom is -0.345 e. The average molecular weight is 334 g/mol. The topological polar surface area (TPSA) is 29.1 Å². The number of hydrogen-bond acceptors (Lipinski definition) is 2. The second-order valence-corrected chi connectivity index (χ2v) is 6.42. The standard InChI is InChI=1S/C17H13ClFNOS/c1-10(11-5-3-2-4-6-11)20-17(21)16-15(18)13-8-7-12(19)9-14(13)22-16/h2-10H,1H3,(H,20,21)/t10-/m1/s1. The fourth-order valence-corrected chi connectivity index (χ4v) is 3.72. The van der Waals surface area contributed by atoms with Gasteiger partial charge in [-0.1, -0.05) is 41.9 Å². The lowest BCUT2D eigenvalue weighted by Gasteiger charge is -2.13. The Morgan fingerprint density at radius 1 is 1.23 bits per heavy atom. The van der Waals surface area contributed by atoms with Crippen LogP contribution in [0.1, 0.15) is 28.2 Å². The largest absolute Gasteiger partial charge is 0.345 e. The Kier molecular flexibility index (Phi) is 4.14. The molecule has 0 radical (unpaired) electrons. The van der Waals surface area contributed by atoms with Gasteiger partial charge in [0.05, 0.1) is 11.1 Å². The van der Waals surface area contributed by atoms with E-state index in [1.807, 2.05) is 37.3 Å². The first kappa shape index (κ1) is 15.0. The molecule has 1 N–H and O–H groups in total. The molecule has 2 nitrogen and oxygen atoms in total. The highest BCUT2D eigenvalue weighted by Gasteiger charge is 2.19. The number of hydrogen-bond donors (Lipinski definition) is 1. The molecule has 1 aromatic heterocycles. The van der Waals surface area contributed by atoms with Gasteiger partial charge in [0, 0.05) is 10.1 Å². The van der Waals surface area contributed by atoms with Crippen LogP contribution in [0.25, 0.3) is 10.1 Å². The van der Waals surface area contributed by atoms with E-state index in [1.165, 1.54) is 23.5 Å². The monoisotopic (exact) mass is 333 g/mol. The second-order valence-electron chi connectivity index (χ2n) is 4.99. The third-order valence-electron chi connectivity index (χ3n) is 3.44. The molecule has 3 aromatic rings. The molecule has 0 spiro atoms. The number of thiophene rings is 1. The van der Waals surface area contributed by atoms with Crippen LogP contribution in [0.5, 0.6) is 0 Å². The Labute approximate surface area is 136 Å². The SMILES string of the molecule is C[C@@H](NC(=O)c1sc2cc(F)ccc2c1Cl)c1ccccc1. The molecule has 3 rings (SSSR count). The molecule has 0 fully saturated rings. The van der Waals surface area contributed by atoms with Crippen molar-refractivity contribution in [3.63, 3.8) is 0 Å². The van der Waals surface area contributed by atoms with Gasteiger partial charge in [0.2, 0.25) is 0 Å². The van der Waals surface area contributed by atoms with Crippen LogP contribution in [0.15, 0.2) is 48.5 Å². The zero-order valence-corrected chi connectivity index (χ0v) is 13.3. The molecule has 0 saturated heterocycles. The zero-order valence-electron chi connectivity index (χ0n) is 11.8. The first-order valence-electron chi connectivity index (χ1n) is 6.79. The molecule has 1 heterocycles. The second kappa shape index (κ2) is 6.07. The van der Waals surface area contributed by atoms with Gasteiger partial charge >= 0.3 is 0 Å². The molecule has 0 saturated carbocycles. The minimum absolute atomic E-state index is 0.133. The Hall–Kier alpha value is -1.91. The van der Waals surface area contributed by atoms with Crippen molar-refractivity contribution in [3.05, 3.63) is 69.8 Å². The molecule has 5 heteroatoms. The summed E-state index contributed by atoms with van der Waals surface area (Å²) >= 11 is 7.46. The highest BCUT2D eigenvalue weighted by molar-refractivity contribution is 7.21. The first-order valence-corrected chi connectivity index (χ1v) is 7.99. The molecule has 0 aliphatic carbocycles. The summed E-state index contributed by atoms with van der Waals surface area (Å²) in [4.78, 5) is 12.8. The predicted octanol–water partition coefficient (Wildman–Crippen LogP) is 5.18. The fraction of sp³-hybridized carbons (Fsp3) is 0.118. The summed E-state index contributed by atoms with van der Waals surface area (Å²) in [5.41, 5.74) is 1.01. The molecule has 0 aliphatic heterocycles. The molecule has 2 aromatic carbocycles. The summed E-state index contributed by atoms with van der Waals surface area (Å²) < 4.78 is 13.9. The van der Waals surface area contributed by atoms with E-state index in [4.69, 9.17) is 11.6 Å². The van der Waals surface area contributed by atoms with Crippen molar-refractivity contribution in [1.29, 1.82) is 0 Å². The summed E-state index contributed by atoms with van der Waals surface area (Å²) in [6.07, 6.45) is 0. The molecule has 0 bridgehead atoms. The Morgan fingerprint density at radius 2 is 1.95 bits per heavy atom. The quantitative estimate of drug-likeness (QED) is 0.702. The number of nitrogens with one attached hydrogen (secondary N) is 1. The van der Waals surface area contributed by atoms with Gasteiger partial charge in [0.1, 0.15) is 10.7 Å². The van der Waals surface area contributed by atoms with Crippen LogP contribution >= 0.6 is 22.9 Å². The van der Waals surface area contributed by atoms with Crippen molar-refractivity contribution in [2.45, 2.75) is 13.0 Å². The van der Waals surface area contributed by atoms with Crippen molar-refractivity contribution in [3.8, 4) is 0 Å². The van der Waals surface area contributed by atoms with E-state index in [9.17, 15) is 9.18 Å². The van der Waals surface area contributed by atoms with E-state index in [0.29, 0.717) is 20.0 Å². The van der Waals surface area contributed by atoms with E-state index >= 15 is 0 Å². The summed E-state index contributed by atoms with van der Waals surface area (Å²) in [5, 5.41) is 3.99. The van der Waals surface area contributed by atoms with Gasteiger partial charge in [-0.3, -0.25) is 4.79 Å². The zero-order chi connectivity index (χ0) is 15.7. The Balaban J connectivity index is 1.88. The lowest BCUT2D eigenvalue weighted by Crippen LogP contribution is -2.26. The van der Waals surface area contributed by atoms with E-state index < -0.39 is 0 Å². The molecule has 1 atom stereocenters. The van der Waals surface area contributed by atoms with Gasteiger partial charge in [-0.15, -0.1) is 11.3 Å². The van der Waals surface area contributed by atoms with E-state index in [1.54, 1.807) is 6.07 Å². The smallest absolute Gasteiger partial charge is 0.263 e. The summed E-state index contributed by atoms with van der Waals surface area (Å²) in [5.74, 6) is -0.585. The van der Waals surface area contributed by atoms with Crippen LogP contribution in [0.3, 0.4) is 0 Å². The third-order valence-corrected chi connectivity index (χ3v) is 5.10. The van der Waals surface area contributed by atoms with Gasteiger partial charge in [-0.2, -0.15) is 0 Å². The maximum atomic E-state index is 13.3. The first-order chi connectivity index (χ1) is 10.6. The van der Waals surface area contributed by atoms with Crippen LogP contribution in [-0.4, -0.2) is 5.91 Å². The summed E-state index contributed by atoms with van der Waals surface area (Å²) in [7, 11) is 0. The van der Waals surface area contributed by atoms with Crippen LogP contribution < -0.4 is 5.32 Å². The number of benzene rings is 2. The van der Waals surface area contributed by atoms with Crippen molar-refractivity contribution >= 4 is 38.9 Å². The molecule has 22 heavy (non-hydrogen) atoms. The maximum absolute atomic E-state index is 13.3. The average Bonchev–Trinajstić information content (AvgIpc) is 2.84. The highest BCUT2D eigenvalue weighted by Crippen LogP contribution is 2.35. The van der Waals surface area contributed by atoms with Crippen molar-refractivity contribution in [2.24, 2.45) is 0 Å². The Bertz CT molecular complexity index is 831. The number of fused-ring (bicyclic) bond motifs is 1. The number of carbonyl (C=O) groups is 1. The van der Waals surface area contributed by atoms with Crippen LogP contribution in [0.2, 0.25) is 5.02 Å². The number of rotatable bonds is 3. The van der Waals surface area contributed by atoms with Crippen LogP contribution in [-0.2, 0) is 0 Å². The van der Waals surface area contributed by atoms with Gasteiger partial charge in [-0.05, 0) is 30.7 Å². The molecule has 1 amide bonds. The lowest BCUT2D eigenvalue weighted by atomic mass is 10.1. The van der Waals surface area contributed by atoms with Crippen molar-refractivity contribution < 1.29 is 9.18 Å². The maximum Gasteiger partial charge on any atom is 0.263 e. The number of halogens is 2. The predicted molar refractivity (Wildman–Crippen MR) is 89.1 cm³/mol. The molecular formula is C17H13ClFNOS. The van der Waals surface area contributed by atoms with E-state index in [2.05, 4.69) is 5.32 Å². The van der Waals surface area contributed by atoms with Crippen molar-refractivity contribution in [2.75, 3.05) is 0 Å². The molecule has 112 valence electrons. The number of carbonyl (C=O) groups excluding carboxylic acids is 1. The fourth-order valence-electron chi connectivity index (χ4n) is 2.27. The van der Waals surface area contributed by atoms with Gasteiger partial charge in [-0.25, -0.2) is 4.39 Å². The highest BCUT2D eigenvalue weighted by atomic mass is 35.5. The van der Waals surface area contributed by atoms with Crippen molar-refractivity contribution in [1.82, 2.24) is 5.32 Å². The van der Waals surface area contributed by atoms with E-state index in [0.717, 1.165) is 5.56 Å². The minimum atomic E-state index is -0.338. The third kappa shape index (κ3) is 2.85. The normalized spacial score (nSPS) is 12.3. The Morgan fingerprint density at radius 3 is 2.68 bits per heavy atom. The van der Waals surface area contributed by atoms with E-state index in [-0.39, 0.29) is 17.8 Å².